The van der Waals surface area contributed by atoms with E-state index in [-0.39, 0.29) is 6.61 Å². The number of primary amides is 1. The third kappa shape index (κ3) is 6.62. The predicted molar refractivity (Wildman–Crippen MR) is 145 cm³/mol. The standard InChI is InChI=1S/C21H24N2O.C9H10N2O2/c24-15-21-22-19-8-4-5-9-20(19)23(21)14-16-10-12-18(13-11-16)17-6-2-1-3-7-17;10-9(13)8(11-6-12)7-4-2-1-3-5-7/h4-5,8-13,17,24H,1-3,6-7,14-15H2;1-6,8H,(H2,10,13)(H,11,12). The van der Waals surface area contributed by atoms with E-state index in [0.717, 1.165) is 29.3 Å². The van der Waals surface area contributed by atoms with Crippen molar-refractivity contribution in [1.29, 1.82) is 0 Å². The number of para-hydroxylation sites is 2. The molecular weight excluding hydrogens is 464 g/mol. The first-order chi connectivity index (χ1) is 18.1. The number of nitrogens with two attached hydrogens (primary N) is 1. The molecule has 3 aromatic carbocycles. The van der Waals surface area contributed by atoms with Gasteiger partial charge in [0.15, 0.2) is 0 Å². The molecule has 0 radical (unpaired) electrons. The van der Waals surface area contributed by atoms with Gasteiger partial charge in [0.2, 0.25) is 12.3 Å². The van der Waals surface area contributed by atoms with E-state index in [1.807, 2.05) is 24.3 Å². The van der Waals surface area contributed by atoms with Crippen LogP contribution in [0.4, 0.5) is 0 Å². The number of aromatic nitrogens is 2. The fourth-order valence-corrected chi connectivity index (χ4v) is 4.99. The van der Waals surface area contributed by atoms with E-state index in [4.69, 9.17) is 5.73 Å². The van der Waals surface area contributed by atoms with Gasteiger partial charge in [-0.3, -0.25) is 9.59 Å². The highest BCUT2D eigenvalue weighted by Crippen LogP contribution is 2.32. The predicted octanol–water partition coefficient (Wildman–Crippen LogP) is 4.58. The molecule has 1 heterocycles. The average Bonchev–Trinajstić information content (AvgIpc) is 3.30. The highest BCUT2D eigenvalue weighted by atomic mass is 16.3. The molecule has 1 aromatic heterocycles. The Morgan fingerprint density at radius 1 is 1.00 bits per heavy atom. The van der Waals surface area contributed by atoms with E-state index >= 15 is 0 Å². The Labute approximate surface area is 217 Å². The lowest BCUT2D eigenvalue weighted by molar-refractivity contribution is -0.122. The van der Waals surface area contributed by atoms with Crippen LogP contribution in [0.15, 0.2) is 78.9 Å². The van der Waals surface area contributed by atoms with Gasteiger partial charge in [-0.1, -0.05) is 86.0 Å². The van der Waals surface area contributed by atoms with Crippen molar-refractivity contribution >= 4 is 23.4 Å². The number of fused-ring (bicyclic) bond motifs is 1. The van der Waals surface area contributed by atoms with Gasteiger partial charge in [-0.15, -0.1) is 0 Å². The summed E-state index contributed by atoms with van der Waals surface area (Å²) in [6.45, 7) is 0.718. The molecule has 4 aromatic rings. The Morgan fingerprint density at radius 2 is 1.68 bits per heavy atom. The van der Waals surface area contributed by atoms with Crippen LogP contribution in [-0.4, -0.2) is 27.0 Å². The highest BCUT2D eigenvalue weighted by Gasteiger charge is 2.16. The maximum absolute atomic E-state index is 10.9. The fourth-order valence-electron chi connectivity index (χ4n) is 4.99. The third-order valence-corrected chi connectivity index (χ3v) is 6.92. The summed E-state index contributed by atoms with van der Waals surface area (Å²) in [5, 5.41) is 12.0. The van der Waals surface area contributed by atoms with Gasteiger partial charge < -0.3 is 20.7 Å². The van der Waals surface area contributed by atoms with Crippen molar-refractivity contribution < 1.29 is 14.7 Å². The van der Waals surface area contributed by atoms with Crippen molar-refractivity contribution in [1.82, 2.24) is 14.9 Å². The number of aliphatic hydroxyl groups excluding tert-OH is 1. The van der Waals surface area contributed by atoms with Crippen LogP contribution in [0.25, 0.3) is 11.0 Å². The Balaban J connectivity index is 0.000000209. The van der Waals surface area contributed by atoms with Crippen LogP contribution in [0, 0.1) is 0 Å². The normalized spacial score (nSPS) is 14.4. The second kappa shape index (κ2) is 12.8. The van der Waals surface area contributed by atoms with Gasteiger partial charge in [0, 0.05) is 6.54 Å². The first kappa shape index (κ1) is 26.1. The topological polar surface area (TPSA) is 110 Å². The van der Waals surface area contributed by atoms with Gasteiger partial charge >= 0.3 is 0 Å². The van der Waals surface area contributed by atoms with Crippen molar-refractivity contribution in [2.45, 2.75) is 57.2 Å². The third-order valence-electron chi connectivity index (χ3n) is 6.92. The van der Waals surface area contributed by atoms with E-state index in [2.05, 4.69) is 45.2 Å². The largest absolute Gasteiger partial charge is 0.388 e. The van der Waals surface area contributed by atoms with Crippen molar-refractivity contribution in [3.8, 4) is 0 Å². The first-order valence-electron chi connectivity index (χ1n) is 12.8. The molecule has 192 valence electrons. The Kier molecular flexibility index (Phi) is 9.05. The average molecular weight is 499 g/mol. The molecule has 1 saturated carbocycles. The number of carbonyl (C=O) groups is 2. The summed E-state index contributed by atoms with van der Waals surface area (Å²) in [4.78, 5) is 25.6. The van der Waals surface area contributed by atoms with E-state index in [1.165, 1.54) is 43.2 Å². The lowest BCUT2D eigenvalue weighted by Crippen LogP contribution is -2.32. The Hall–Kier alpha value is -3.97. The smallest absolute Gasteiger partial charge is 0.244 e. The summed E-state index contributed by atoms with van der Waals surface area (Å²) in [7, 11) is 0. The molecule has 37 heavy (non-hydrogen) atoms. The molecule has 7 heteroatoms. The van der Waals surface area contributed by atoms with E-state index in [9.17, 15) is 14.7 Å². The molecule has 0 spiro atoms. The fraction of sp³-hybridized carbons (Fsp3) is 0.300. The summed E-state index contributed by atoms with van der Waals surface area (Å²) >= 11 is 0. The molecule has 5 rings (SSSR count). The SMILES string of the molecule is NC(=O)C(NC=O)c1ccccc1.OCc1nc2ccccc2n1Cc1ccc(C2CCCCC2)cc1. The molecule has 1 unspecified atom stereocenters. The second-order valence-corrected chi connectivity index (χ2v) is 9.37. The van der Waals surface area contributed by atoms with Crippen molar-refractivity contribution in [3.63, 3.8) is 0 Å². The van der Waals surface area contributed by atoms with Crippen molar-refractivity contribution in [2.24, 2.45) is 5.73 Å². The van der Waals surface area contributed by atoms with Gasteiger partial charge in [0.05, 0.1) is 11.0 Å². The molecule has 0 bridgehead atoms. The minimum atomic E-state index is -0.737. The Bertz CT molecular complexity index is 1300. The maximum atomic E-state index is 10.9. The summed E-state index contributed by atoms with van der Waals surface area (Å²) in [6, 6.07) is 25.2. The number of carbonyl (C=O) groups excluding carboxylic acids is 2. The number of nitrogens with zero attached hydrogens (tertiary/aromatic N) is 2. The molecule has 0 aliphatic heterocycles. The molecule has 7 nitrogen and oxygen atoms in total. The van der Waals surface area contributed by atoms with Crippen LogP contribution in [0.5, 0.6) is 0 Å². The minimum Gasteiger partial charge on any atom is -0.388 e. The molecule has 1 aliphatic rings. The molecule has 1 fully saturated rings. The number of hydrogen-bond acceptors (Lipinski definition) is 4. The first-order valence-corrected chi connectivity index (χ1v) is 12.8. The monoisotopic (exact) mass is 498 g/mol. The number of amides is 2. The zero-order valence-corrected chi connectivity index (χ0v) is 20.9. The number of aliphatic hydroxyl groups is 1. The molecule has 4 N–H and O–H groups in total. The summed E-state index contributed by atoms with van der Waals surface area (Å²) < 4.78 is 2.12. The number of nitrogens with one attached hydrogen (secondary N) is 1. The van der Waals surface area contributed by atoms with Gasteiger partial charge in [-0.2, -0.15) is 0 Å². The van der Waals surface area contributed by atoms with Crippen molar-refractivity contribution in [3.05, 3.63) is 101 Å². The lowest BCUT2D eigenvalue weighted by atomic mass is 9.84. The van der Waals surface area contributed by atoms with Crippen LogP contribution < -0.4 is 11.1 Å². The number of benzene rings is 3. The molecule has 2 amide bonds. The van der Waals surface area contributed by atoms with Gasteiger partial charge in [-0.25, -0.2) is 4.98 Å². The van der Waals surface area contributed by atoms with Crippen LogP contribution in [-0.2, 0) is 22.7 Å². The zero-order chi connectivity index (χ0) is 26.0. The van der Waals surface area contributed by atoms with Crippen molar-refractivity contribution in [2.75, 3.05) is 0 Å². The zero-order valence-electron chi connectivity index (χ0n) is 20.9. The summed E-state index contributed by atoms with van der Waals surface area (Å²) in [5.41, 5.74) is 10.5. The van der Waals surface area contributed by atoms with Gasteiger partial charge in [0.1, 0.15) is 18.5 Å². The quantitative estimate of drug-likeness (QED) is 0.309. The Morgan fingerprint density at radius 3 is 2.32 bits per heavy atom. The second-order valence-electron chi connectivity index (χ2n) is 9.37. The summed E-state index contributed by atoms with van der Waals surface area (Å²) in [6.07, 6.45) is 7.26. The van der Waals surface area contributed by atoms with Gasteiger partial charge in [-0.05, 0) is 47.6 Å². The van der Waals surface area contributed by atoms with E-state index in [0.29, 0.717) is 12.0 Å². The van der Waals surface area contributed by atoms with E-state index < -0.39 is 11.9 Å². The number of imidazole rings is 1. The van der Waals surface area contributed by atoms with Crippen LogP contribution >= 0.6 is 0 Å². The molecular formula is C30H34N4O3. The van der Waals surface area contributed by atoms with Crippen LogP contribution in [0.2, 0.25) is 0 Å². The molecule has 0 saturated heterocycles. The summed E-state index contributed by atoms with van der Waals surface area (Å²) in [5.74, 6) is 0.903. The highest BCUT2D eigenvalue weighted by molar-refractivity contribution is 5.83. The van der Waals surface area contributed by atoms with Crippen LogP contribution in [0.3, 0.4) is 0 Å². The van der Waals surface area contributed by atoms with Crippen LogP contribution in [0.1, 0.15) is 66.6 Å². The lowest BCUT2D eigenvalue weighted by Gasteiger charge is -2.22. The number of rotatable bonds is 8. The number of hydrogen-bond donors (Lipinski definition) is 3. The van der Waals surface area contributed by atoms with Gasteiger partial charge in [0.25, 0.3) is 0 Å². The maximum Gasteiger partial charge on any atom is 0.244 e. The molecule has 1 aliphatic carbocycles. The molecule has 1 atom stereocenters. The van der Waals surface area contributed by atoms with E-state index in [1.54, 1.807) is 24.3 Å². The minimum absolute atomic E-state index is 0.0329.